The van der Waals surface area contributed by atoms with Crippen LogP contribution in [-0.4, -0.2) is 33.5 Å². The second-order valence-corrected chi connectivity index (χ2v) is 6.45. The van der Waals surface area contributed by atoms with E-state index in [0.29, 0.717) is 21.6 Å². The van der Waals surface area contributed by atoms with Gasteiger partial charge in [-0.1, -0.05) is 23.4 Å². The van der Waals surface area contributed by atoms with Gasteiger partial charge in [0.2, 0.25) is 5.91 Å². The monoisotopic (exact) mass is 354 g/mol. The zero-order valence-electron chi connectivity index (χ0n) is 12.3. The number of nitrogens with one attached hydrogen (secondary N) is 2. The molecule has 1 amide bonds. The Kier molecular flexibility index (Phi) is 4.63. The molecule has 1 aliphatic rings. The van der Waals surface area contributed by atoms with Crippen LogP contribution in [0.25, 0.3) is 0 Å². The summed E-state index contributed by atoms with van der Waals surface area (Å²) in [5.74, 6) is 0.499. The smallest absolute Gasteiger partial charge is 0.344 e. The first-order valence-corrected chi connectivity index (χ1v) is 8.38. The average molecular weight is 355 g/mol. The molecule has 0 atom stereocenters. The number of methoxy groups -OCH3 is 1. The molecule has 2 aromatic rings. The van der Waals surface area contributed by atoms with E-state index in [1.165, 1.54) is 18.9 Å². The average Bonchev–Trinajstić information content (AvgIpc) is 3.29. The van der Waals surface area contributed by atoms with Crippen LogP contribution in [0.3, 0.4) is 0 Å². The van der Waals surface area contributed by atoms with E-state index in [1.54, 1.807) is 22.8 Å². The highest BCUT2D eigenvalue weighted by molar-refractivity contribution is 7.99. The fourth-order valence-corrected chi connectivity index (χ4v) is 3.19. The number of aromatic nitrogens is 3. The summed E-state index contributed by atoms with van der Waals surface area (Å²) in [7, 11) is 1.53. The summed E-state index contributed by atoms with van der Waals surface area (Å²) >= 11 is 7.24. The van der Waals surface area contributed by atoms with Crippen LogP contribution < -0.4 is 15.7 Å². The molecule has 0 spiro atoms. The van der Waals surface area contributed by atoms with Crippen LogP contribution in [0.5, 0.6) is 5.75 Å². The lowest BCUT2D eigenvalue weighted by Gasteiger charge is -2.08. The van der Waals surface area contributed by atoms with Crippen LogP contribution in [0.4, 0.5) is 5.69 Å². The maximum Gasteiger partial charge on any atom is 0.344 e. The van der Waals surface area contributed by atoms with Gasteiger partial charge in [0, 0.05) is 11.7 Å². The molecule has 0 saturated heterocycles. The number of aromatic amines is 1. The van der Waals surface area contributed by atoms with E-state index in [0.717, 1.165) is 12.8 Å². The molecule has 1 aliphatic carbocycles. The molecule has 0 bridgehead atoms. The van der Waals surface area contributed by atoms with Crippen LogP contribution in [0.2, 0.25) is 5.02 Å². The number of thioether (sulfide) groups is 1. The van der Waals surface area contributed by atoms with Crippen molar-refractivity contribution in [2.75, 3.05) is 18.2 Å². The number of ether oxygens (including phenoxy) is 1. The minimum atomic E-state index is -0.225. The molecule has 23 heavy (non-hydrogen) atoms. The Bertz CT molecular complexity index is 785. The molecule has 2 N–H and O–H groups in total. The number of rotatable bonds is 6. The quantitative estimate of drug-likeness (QED) is 0.777. The summed E-state index contributed by atoms with van der Waals surface area (Å²) in [6, 6.07) is 5.23. The van der Waals surface area contributed by atoms with Gasteiger partial charge in [-0.15, -0.1) is 5.10 Å². The second-order valence-electron chi connectivity index (χ2n) is 5.10. The van der Waals surface area contributed by atoms with Gasteiger partial charge >= 0.3 is 5.69 Å². The number of hydrogen-bond donors (Lipinski definition) is 2. The molecular formula is C14H15ClN4O3S. The first-order valence-electron chi connectivity index (χ1n) is 7.01. The molecule has 1 aromatic heterocycles. The standard InChI is InChI=1S/C14H15ClN4O3S/c1-22-11-5-2-8(6-10(11)15)16-12(20)7-23-14-18-17-13(21)19(14)9-3-4-9/h2,5-6,9H,3-4,7H2,1H3,(H,16,20)(H,17,21). The molecule has 9 heteroatoms. The lowest BCUT2D eigenvalue weighted by atomic mass is 10.3. The predicted molar refractivity (Wildman–Crippen MR) is 88.5 cm³/mol. The fourth-order valence-electron chi connectivity index (χ4n) is 2.12. The van der Waals surface area contributed by atoms with Crippen LogP contribution in [0.1, 0.15) is 18.9 Å². The van der Waals surface area contributed by atoms with Crippen molar-refractivity contribution < 1.29 is 9.53 Å². The van der Waals surface area contributed by atoms with Gasteiger partial charge in [0.1, 0.15) is 5.75 Å². The maximum absolute atomic E-state index is 12.0. The third-order valence-electron chi connectivity index (χ3n) is 3.35. The number of benzene rings is 1. The van der Waals surface area contributed by atoms with Gasteiger partial charge in [-0.3, -0.25) is 9.36 Å². The van der Waals surface area contributed by atoms with Gasteiger partial charge in [0.25, 0.3) is 0 Å². The van der Waals surface area contributed by atoms with Gasteiger partial charge in [-0.05, 0) is 31.0 Å². The summed E-state index contributed by atoms with van der Waals surface area (Å²) in [5, 5.41) is 10.1. The molecule has 7 nitrogen and oxygen atoms in total. The van der Waals surface area contributed by atoms with Crippen molar-refractivity contribution in [3.05, 3.63) is 33.7 Å². The zero-order chi connectivity index (χ0) is 16.4. The number of nitrogens with zero attached hydrogens (tertiary/aromatic N) is 2. The molecule has 0 unspecified atom stereocenters. The van der Waals surface area contributed by atoms with E-state index in [-0.39, 0.29) is 23.4 Å². The zero-order valence-corrected chi connectivity index (χ0v) is 13.9. The van der Waals surface area contributed by atoms with E-state index in [2.05, 4.69) is 15.5 Å². The van der Waals surface area contributed by atoms with Crippen LogP contribution in [-0.2, 0) is 4.79 Å². The van der Waals surface area contributed by atoms with Crippen LogP contribution >= 0.6 is 23.4 Å². The number of H-pyrrole nitrogens is 1. The highest BCUT2D eigenvalue weighted by Gasteiger charge is 2.28. The Balaban J connectivity index is 1.60. The summed E-state index contributed by atoms with van der Waals surface area (Å²) in [6.07, 6.45) is 1.95. The molecule has 1 heterocycles. The Morgan fingerprint density at radius 2 is 2.35 bits per heavy atom. The van der Waals surface area contributed by atoms with E-state index in [4.69, 9.17) is 16.3 Å². The highest BCUT2D eigenvalue weighted by atomic mass is 35.5. The van der Waals surface area contributed by atoms with Gasteiger partial charge in [-0.2, -0.15) is 0 Å². The molecule has 3 rings (SSSR count). The van der Waals surface area contributed by atoms with Gasteiger partial charge < -0.3 is 10.1 Å². The normalized spacial score (nSPS) is 13.8. The topological polar surface area (TPSA) is 89.0 Å². The largest absolute Gasteiger partial charge is 0.495 e. The summed E-state index contributed by atoms with van der Waals surface area (Å²) in [6.45, 7) is 0. The lowest BCUT2D eigenvalue weighted by molar-refractivity contribution is -0.113. The lowest BCUT2D eigenvalue weighted by Crippen LogP contribution is -2.17. The van der Waals surface area contributed by atoms with Crippen molar-refractivity contribution in [2.24, 2.45) is 0 Å². The van der Waals surface area contributed by atoms with Crippen molar-refractivity contribution in [3.8, 4) is 5.75 Å². The van der Waals surface area contributed by atoms with Crippen molar-refractivity contribution in [1.29, 1.82) is 0 Å². The van der Waals surface area contributed by atoms with Gasteiger partial charge in [0.05, 0.1) is 17.9 Å². The number of halogens is 1. The first kappa shape index (κ1) is 15.9. The summed E-state index contributed by atoms with van der Waals surface area (Å²) in [5.41, 5.74) is 0.361. The molecule has 0 aliphatic heterocycles. The van der Waals surface area contributed by atoms with Crippen molar-refractivity contribution >= 4 is 35.0 Å². The van der Waals surface area contributed by atoms with Gasteiger partial charge in [-0.25, -0.2) is 9.89 Å². The molecule has 1 saturated carbocycles. The van der Waals surface area contributed by atoms with Gasteiger partial charge in [0.15, 0.2) is 5.16 Å². The maximum atomic E-state index is 12.0. The number of hydrogen-bond acceptors (Lipinski definition) is 5. The fraction of sp³-hybridized carbons (Fsp3) is 0.357. The molecular weight excluding hydrogens is 340 g/mol. The second kappa shape index (κ2) is 6.67. The Morgan fingerprint density at radius 3 is 3.00 bits per heavy atom. The molecule has 1 fully saturated rings. The van der Waals surface area contributed by atoms with E-state index >= 15 is 0 Å². The Hall–Kier alpha value is -1.93. The molecule has 1 aromatic carbocycles. The van der Waals surface area contributed by atoms with Crippen molar-refractivity contribution in [1.82, 2.24) is 14.8 Å². The number of carbonyl (C=O) groups excluding carboxylic acids is 1. The minimum Gasteiger partial charge on any atom is -0.495 e. The number of anilines is 1. The first-order chi connectivity index (χ1) is 11.1. The minimum absolute atomic E-state index is 0.153. The van der Waals surface area contributed by atoms with Crippen LogP contribution in [0.15, 0.2) is 28.2 Å². The van der Waals surface area contributed by atoms with Crippen LogP contribution in [0, 0.1) is 0 Å². The SMILES string of the molecule is COc1ccc(NC(=O)CSc2n[nH]c(=O)n2C2CC2)cc1Cl. The third-order valence-corrected chi connectivity index (χ3v) is 4.60. The number of carbonyl (C=O) groups is 1. The Labute approximate surface area is 141 Å². The Morgan fingerprint density at radius 1 is 1.57 bits per heavy atom. The van der Waals surface area contributed by atoms with E-state index < -0.39 is 0 Å². The summed E-state index contributed by atoms with van der Waals surface area (Å²) in [4.78, 5) is 23.7. The van der Waals surface area contributed by atoms with Crippen molar-refractivity contribution in [2.45, 2.75) is 24.0 Å². The molecule has 0 radical (unpaired) electrons. The molecule has 122 valence electrons. The van der Waals surface area contributed by atoms with E-state index in [9.17, 15) is 9.59 Å². The van der Waals surface area contributed by atoms with E-state index in [1.807, 2.05) is 0 Å². The predicted octanol–water partition coefficient (Wildman–Crippen LogP) is 2.30. The third kappa shape index (κ3) is 3.70. The summed E-state index contributed by atoms with van der Waals surface area (Å²) < 4.78 is 6.67. The highest BCUT2D eigenvalue weighted by Crippen LogP contribution is 2.36. The number of amides is 1. The van der Waals surface area contributed by atoms with Crippen molar-refractivity contribution in [3.63, 3.8) is 0 Å².